The summed E-state index contributed by atoms with van der Waals surface area (Å²) in [6.07, 6.45) is 0. The van der Waals surface area contributed by atoms with Gasteiger partial charge in [-0.1, -0.05) is 11.6 Å². The number of carbonyl (C=O) groups is 2. The molecule has 0 aliphatic rings. The smallest absolute Gasteiger partial charge is 0.315 e. The largest absolute Gasteiger partial charge is 0.465 e. The third-order valence-corrected chi connectivity index (χ3v) is 3.10. The molecule has 0 spiro atoms. The van der Waals surface area contributed by atoms with Gasteiger partial charge in [-0.2, -0.15) is 0 Å². The molecule has 0 radical (unpaired) electrons. The molecule has 4 nitrogen and oxygen atoms in total. The van der Waals surface area contributed by atoms with E-state index in [-0.39, 0.29) is 28.2 Å². The topological polar surface area (TPSA) is 55.4 Å². The third kappa shape index (κ3) is 5.94. The van der Waals surface area contributed by atoms with Gasteiger partial charge in [0.2, 0.25) is 5.91 Å². The molecule has 0 unspecified atom stereocenters. The van der Waals surface area contributed by atoms with Gasteiger partial charge in [-0.3, -0.25) is 9.59 Å². The molecule has 0 aliphatic heterocycles. The van der Waals surface area contributed by atoms with Crippen molar-refractivity contribution in [3.8, 4) is 0 Å². The third-order valence-electron chi connectivity index (χ3n) is 1.96. The Morgan fingerprint density at radius 3 is 2.79 bits per heavy atom. The number of benzene rings is 1. The van der Waals surface area contributed by atoms with E-state index in [9.17, 15) is 14.0 Å². The molecule has 7 heteroatoms. The monoisotopic (exact) mass is 305 g/mol. The van der Waals surface area contributed by atoms with Crippen LogP contribution in [0, 0.1) is 5.82 Å². The Hall–Kier alpha value is -1.27. The Kier molecular flexibility index (Phi) is 6.66. The lowest BCUT2D eigenvalue weighted by Crippen LogP contribution is -2.17. The van der Waals surface area contributed by atoms with E-state index in [4.69, 9.17) is 16.3 Å². The van der Waals surface area contributed by atoms with Crippen molar-refractivity contribution in [2.75, 3.05) is 23.4 Å². The van der Waals surface area contributed by atoms with Crippen molar-refractivity contribution in [1.29, 1.82) is 0 Å². The summed E-state index contributed by atoms with van der Waals surface area (Å²) in [5.74, 6) is -1.24. The Balaban J connectivity index is 2.37. The van der Waals surface area contributed by atoms with Crippen LogP contribution in [0.25, 0.3) is 0 Å². The van der Waals surface area contributed by atoms with Gasteiger partial charge in [-0.25, -0.2) is 4.39 Å². The zero-order valence-electron chi connectivity index (χ0n) is 10.2. The normalized spacial score (nSPS) is 10.1. The van der Waals surface area contributed by atoms with Gasteiger partial charge in [-0.15, -0.1) is 11.8 Å². The molecule has 1 rings (SSSR count). The van der Waals surface area contributed by atoms with Crippen LogP contribution in [0.2, 0.25) is 5.02 Å². The Bertz CT molecular complexity index is 470. The van der Waals surface area contributed by atoms with E-state index < -0.39 is 11.7 Å². The summed E-state index contributed by atoms with van der Waals surface area (Å²) in [7, 11) is 0. The molecule has 0 saturated carbocycles. The minimum absolute atomic E-state index is 0.0425. The first-order chi connectivity index (χ1) is 9.02. The maximum absolute atomic E-state index is 13.4. The number of nitrogens with one attached hydrogen (secondary N) is 1. The standard InChI is InChI=1S/C12H13ClFNO3S/c1-2-18-12(17)7-19-6-11(16)15-10-4-3-8(13)5-9(10)14/h3-5H,2,6-7H2,1H3,(H,15,16). The molecule has 0 aliphatic carbocycles. The van der Waals surface area contributed by atoms with Crippen molar-refractivity contribution in [1.82, 2.24) is 0 Å². The number of thioether (sulfide) groups is 1. The molecular weight excluding hydrogens is 293 g/mol. The molecule has 0 fully saturated rings. The number of esters is 1. The molecular formula is C12H13ClFNO3S. The summed E-state index contributed by atoms with van der Waals surface area (Å²) in [4.78, 5) is 22.5. The van der Waals surface area contributed by atoms with E-state index in [0.717, 1.165) is 17.8 Å². The van der Waals surface area contributed by atoms with Crippen LogP contribution in [0.3, 0.4) is 0 Å². The van der Waals surface area contributed by atoms with Crippen LogP contribution < -0.4 is 5.32 Å². The minimum atomic E-state index is -0.601. The van der Waals surface area contributed by atoms with Crippen LogP contribution in [0.4, 0.5) is 10.1 Å². The quantitative estimate of drug-likeness (QED) is 0.821. The Morgan fingerprint density at radius 1 is 1.42 bits per heavy atom. The highest BCUT2D eigenvalue weighted by molar-refractivity contribution is 8.00. The molecule has 0 aromatic heterocycles. The highest BCUT2D eigenvalue weighted by Gasteiger charge is 2.09. The van der Waals surface area contributed by atoms with Gasteiger partial charge in [0.1, 0.15) is 5.82 Å². The fourth-order valence-electron chi connectivity index (χ4n) is 1.21. The summed E-state index contributed by atoms with van der Waals surface area (Å²) in [5.41, 5.74) is 0.0612. The molecule has 1 aromatic carbocycles. The lowest BCUT2D eigenvalue weighted by molar-refractivity contribution is -0.139. The van der Waals surface area contributed by atoms with Gasteiger partial charge in [0.15, 0.2) is 0 Å². The van der Waals surface area contributed by atoms with Gasteiger partial charge in [0, 0.05) is 5.02 Å². The summed E-state index contributed by atoms with van der Waals surface area (Å²) in [6, 6.07) is 3.97. The van der Waals surface area contributed by atoms with Crippen LogP contribution in [0.1, 0.15) is 6.92 Å². The number of hydrogen-bond donors (Lipinski definition) is 1. The second kappa shape index (κ2) is 8.01. The van der Waals surface area contributed by atoms with E-state index in [1.165, 1.54) is 12.1 Å². The molecule has 19 heavy (non-hydrogen) atoms. The average Bonchev–Trinajstić information content (AvgIpc) is 2.33. The lowest BCUT2D eigenvalue weighted by Gasteiger charge is -2.06. The van der Waals surface area contributed by atoms with Crippen molar-refractivity contribution in [3.63, 3.8) is 0 Å². The van der Waals surface area contributed by atoms with E-state index in [1.807, 2.05) is 0 Å². The molecule has 0 heterocycles. The van der Waals surface area contributed by atoms with Crippen molar-refractivity contribution < 1.29 is 18.7 Å². The molecule has 104 valence electrons. The van der Waals surface area contributed by atoms with Crippen LogP contribution >= 0.6 is 23.4 Å². The van der Waals surface area contributed by atoms with Crippen LogP contribution in [-0.4, -0.2) is 30.0 Å². The minimum Gasteiger partial charge on any atom is -0.465 e. The van der Waals surface area contributed by atoms with Gasteiger partial charge < -0.3 is 10.1 Å². The van der Waals surface area contributed by atoms with E-state index >= 15 is 0 Å². The Morgan fingerprint density at radius 2 is 2.16 bits per heavy atom. The van der Waals surface area contributed by atoms with Crippen molar-refractivity contribution in [2.24, 2.45) is 0 Å². The molecule has 1 amide bonds. The zero-order valence-corrected chi connectivity index (χ0v) is 11.8. The van der Waals surface area contributed by atoms with E-state index in [2.05, 4.69) is 5.32 Å². The van der Waals surface area contributed by atoms with Gasteiger partial charge in [0.05, 0.1) is 23.8 Å². The first kappa shape index (κ1) is 15.8. The molecule has 1 aromatic rings. The Labute approximate surface area is 119 Å². The van der Waals surface area contributed by atoms with Crippen molar-refractivity contribution >= 4 is 40.9 Å². The fraction of sp³-hybridized carbons (Fsp3) is 0.333. The maximum Gasteiger partial charge on any atom is 0.315 e. The molecule has 0 saturated heterocycles. The predicted molar refractivity (Wildman–Crippen MR) is 74.0 cm³/mol. The fourth-order valence-corrected chi connectivity index (χ4v) is 1.98. The molecule has 1 N–H and O–H groups in total. The average molecular weight is 306 g/mol. The van der Waals surface area contributed by atoms with Crippen LogP contribution in [0.5, 0.6) is 0 Å². The number of hydrogen-bond acceptors (Lipinski definition) is 4. The van der Waals surface area contributed by atoms with Gasteiger partial charge in [0.25, 0.3) is 0 Å². The van der Waals surface area contributed by atoms with Crippen LogP contribution in [-0.2, 0) is 14.3 Å². The highest BCUT2D eigenvalue weighted by atomic mass is 35.5. The summed E-state index contributed by atoms with van der Waals surface area (Å²) >= 11 is 6.70. The van der Waals surface area contributed by atoms with E-state index in [0.29, 0.717) is 6.61 Å². The lowest BCUT2D eigenvalue weighted by atomic mass is 10.3. The number of carbonyl (C=O) groups excluding carboxylic acids is 2. The second-order valence-electron chi connectivity index (χ2n) is 3.47. The van der Waals surface area contributed by atoms with Crippen LogP contribution in [0.15, 0.2) is 18.2 Å². The second-order valence-corrected chi connectivity index (χ2v) is 4.89. The molecule has 0 atom stereocenters. The zero-order chi connectivity index (χ0) is 14.3. The number of anilines is 1. The SMILES string of the molecule is CCOC(=O)CSCC(=O)Nc1ccc(Cl)cc1F. The molecule has 0 bridgehead atoms. The summed E-state index contributed by atoms with van der Waals surface area (Å²) in [6.45, 7) is 2.01. The maximum atomic E-state index is 13.4. The first-order valence-corrected chi connectivity index (χ1v) is 7.04. The number of halogens is 2. The number of amides is 1. The highest BCUT2D eigenvalue weighted by Crippen LogP contribution is 2.19. The van der Waals surface area contributed by atoms with Gasteiger partial charge in [-0.05, 0) is 25.1 Å². The van der Waals surface area contributed by atoms with Crippen molar-refractivity contribution in [2.45, 2.75) is 6.92 Å². The summed E-state index contributed by atoms with van der Waals surface area (Å²) < 4.78 is 18.1. The number of ether oxygens (including phenoxy) is 1. The number of rotatable bonds is 6. The predicted octanol–water partition coefficient (Wildman–Crippen LogP) is 2.71. The van der Waals surface area contributed by atoms with E-state index in [1.54, 1.807) is 6.92 Å². The van der Waals surface area contributed by atoms with Crippen molar-refractivity contribution in [3.05, 3.63) is 29.0 Å². The first-order valence-electron chi connectivity index (χ1n) is 5.51. The summed E-state index contributed by atoms with van der Waals surface area (Å²) in [5, 5.41) is 2.65. The van der Waals surface area contributed by atoms with Gasteiger partial charge >= 0.3 is 5.97 Å².